The zero-order valence-corrected chi connectivity index (χ0v) is 15.8. The SMILES string of the molecule is COCCNCCNC(=O)c1ccc(-c2ccc(OC(F)F)cc2)s1.Cl. The van der Waals surface area contributed by atoms with E-state index >= 15 is 0 Å². The van der Waals surface area contributed by atoms with Crippen LogP contribution in [0.15, 0.2) is 36.4 Å². The van der Waals surface area contributed by atoms with E-state index in [4.69, 9.17) is 4.74 Å². The number of carbonyl (C=O) groups excluding carboxylic acids is 1. The molecule has 1 aromatic heterocycles. The van der Waals surface area contributed by atoms with Crippen LogP contribution in [0.4, 0.5) is 8.78 Å². The first kappa shape index (κ1) is 22.3. The molecule has 26 heavy (non-hydrogen) atoms. The molecule has 2 aromatic rings. The Morgan fingerprint density at radius 2 is 1.85 bits per heavy atom. The summed E-state index contributed by atoms with van der Waals surface area (Å²) >= 11 is 1.34. The first-order chi connectivity index (χ1) is 12.1. The number of carbonyl (C=O) groups is 1. The van der Waals surface area contributed by atoms with Gasteiger partial charge in [-0.2, -0.15) is 8.78 Å². The molecule has 0 aliphatic carbocycles. The van der Waals surface area contributed by atoms with Gasteiger partial charge in [-0.05, 0) is 42.0 Å². The molecule has 0 radical (unpaired) electrons. The summed E-state index contributed by atoms with van der Waals surface area (Å²) in [5.41, 5.74) is 0.840. The van der Waals surface area contributed by atoms with Crippen molar-refractivity contribution in [1.29, 1.82) is 0 Å². The Kier molecular flexibility index (Phi) is 10.1. The molecule has 0 spiro atoms. The fourth-order valence-electron chi connectivity index (χ4n) is 2.07. The molecular weight excluding hydrogens is 386 g/mol. The van der Waals surface area contributed by atoms with Crippen LogP contribution in [-0.4, -0.2) is 45.9 Å². The number of ether oxygens (including phenoxy) is 2. The van der Waals surface area contributed by atoms with Gasteiger partial charge in [0.2, 0.25) is 0 Å². The number of halogens is 3. The van der Waals surface area contributed by atoms with Crippen LogP contribution < -0.4 is 15.4 Å². The lowest BCUT2D eigenvalue weighted by Gasteiger charge is -2.05. The topological polar surface area (TPSA) is 59.6 Å². The molecule has 2 rings (SSSR count). The highest BCUT2D eigenvalue weighted by atomic mass is 35.5. The zero-order chi connectivity index (χ0) is 18.1. The van der Waals surface area contributed by atoms with E-state index in [0.29, 0.717) is 24.6 Å². The lowest BCUT2D eigenvalue weighted by molar-refractivity contribution is -0.0498. The highest BCUT2D eigenvalue weighted by molar-refractivity contribution is 7.17. The quantitative estimate of drug-likeness (QED) is 0.594. The van der Waals surface area contributed by atoms with Crippen molar-refractivity contribution >= 4 is 29.7 Å². The van der Waals surface area contributed by atoms with Gasteiger partial charge in [-0.15, -0.1) is 23.7 Å². The lowest BCUT2D eigenvalue weighted by atomic mass is 10.2. The maximum atomic E-state index is 12.1. The van der Waals surface area contributed by atoms with Gasteiger partial charge in [0.1, 0.15) is 5.75 Å². The molecule has 0 aliphatic rings. The summed E-state index contributed by atoms with van der Waals surface area (Å²) in [4.78, 5) is 13.6. The third-order valence-corrected chi connectivity index (χ3v) is 4.40. The highest BCUT2D eigenvalue weighted by Crippen LogP contribution is 2.29. The van der Waals surface area contributed by atoms with E-state index in [1.165, 1.54) is 23.5 Å². The Bertz CT molecular complexity index is 668. The third kappa shape index (κ3) is 7.25. The summed E-state index contributed by atoms with van der Waals surface area (Å²) in [5.74, 6) is -0.0308. The number of amides is 1. The number of benzene rings is 1. The van der Waals surface area contributed by atoms with Crippen molar-refractivity contribution in [1.82, 2.24) is 10.6 Å². The Morgan fingerprint density at radius 3 is 2.50 bits per heavy atom. The maximum Gasteiger partial charge on any atom is 0.387 e. The second kappa shape index (κ2) is 11.8. The average Bonchev–Trinajstić information content (AvgIpc) is 3.08. The second-order valence-electron chi connectivity index (χ2n) is 5.07. The predicted molar refractivity (Wildman–Crippen MR) is 101 cm³/mol. The molecule has 0 fully saturated rings. The summed E-state index contributed by atoms with van der Waals surface area (Å²) < 4.78 is 33.5. The van der Waals surface area contributed by atoms with E-state index in [0.717, 1.165) is 17.0 Å². The number of hydrogen-bond donors (Lipinski definition) is 2. The molecule has 0 atom stereocenters. The van der Waals surface area contributed by atoms with E-state index in [9.17, 15) is 13.6 Å². The fraction of sp³-hybridized carbons (Fsp3) is 0.353. The summed E-state index contributed by atoms with van der Waals surface area (Å²) in [6, 6.07) is 9.91. The largest absolute Gasteiger partial charge is 0.435 e. The van der Waals surface area contributed by atoms with Crippen LogP contribution in [0, 0.1) is 0 Å². The van der Waals surface area contributed by atoms with Gasteiger partial charge in [-0.1, -0.05) is 0 Å². The Balaban J connectivity index is 0.00000338. The molecule has 1 aromatic carbocycles. The van der Waals surface area contributed by atoms with Gasteiger partial charge >= 0.3 is 6.61 Å². The van der Waals surface area contributed by atoms with Crippen LogP contribution in [0.2, 0.25) is 0 Å². The molecule has 5 nitrogen and oxygen atoms in total. The first-order valence-corrected chi connectivity index (χ1v) is 8.54. The minimum absolute atomic E-state index is 0. The zero-order valence-electron chi connectivity index (χ0n) is 14.2. The number of nitrogens with one attached hydrogen (secondary N) is 2. The molecule has 144 valence electrons. The van der Waals surface area contributed by atoms with E-state index < -0.39 is 6.61 Å². The Labute approximate surface area is 161 Å². The van der Waals surface area contributed by atoms with Crippen LogP contribution in [0.1, 0.15) is 9.67 Å². The van der Waals surface area contributed by atoms with Gasteiger partial charge in [0.25, 0.3) is 5.91 Å². The standard InChI is InChI=1S/C17H20F2N2O3S.ClH/c1-23-11-10-20-8-9-21-16(22)15-7-6-14(25-15)12-2-4-13(5-3-12)24-17(18)19;/h2-7,17,20H,8-11H2,1H3,(H,21,22);1H. The van der Waals surface area contributed by atoms with Crippen molar-refractivity contribution in [2.24, 2.45) is 0 Å². The van der Waals surface area contributed by atoms with E-state index in [2.05, 4.69) is 15.4 Å². The summed E-state index contributed by atoms with van der Waals surface area (Å²) in [5, 5.41) is 5.98. The second-order valence-corrected chi connectivity index (χ2v) is 6.15. The van der Waals surface area contributed by atoms with Gasteiger partial charge < -0.3 is 20.1 Å². The van der Waals surface area contributed by atoms with Crippen molar-refractivity contribution in [2.45, 2.75) is 6.61 Å². The minimum atomic E-state index is -2.84. The normalized spacial score (nSPS) is 10.5. The average molecular weight is 407 g/mol. The van der Waals surface area contributed by atoms with Crippen LogP contribution >= 0.6 is 23.7 Å². The number of methoxy groups -OCH3 is 1. The molecule has 1 heterocycles. The highest BCUT2D eigenvalue weighted by Gasteiger charge is 2.10. The van der Waals surface area contributed by atoms with E-state index in [1.807, 2.05) is 6.07 Å². The first-order valence-electron chi connectivity index (χ1n) is 7.73. The summed E-state index contributed by atoms with van der Waals surface area (Å²) in [6.45, 7) is -0.287. The van der Waals surface area contributed by atoms with Crippen molar-refractivity contribution in [2.75, 3.05) is 33.4 Å². The van der Waals surface area contributed by atoms with Crippen LogP contribution in [0.5, 0.6) is 5.75 Å². The van der Waals surface area contributed by atoms with E-state index in [1.54, 1.807) is 25.3 Å². The molecule has 0 unspecified atom stereocenters. The molecule has 0 aliphatic heterocycles. The predicted octanol–water partition coefficient (Wildman–Crippen LogP) is 3.40. The van der Waals surface area contributed by atoms with Crippen LogP contribution in [-0.2, 0) is 4.74 Å². The van der Waals surface area contributed by atoms with Crippen molar-refractivity contribution in [3.63, 3.8) is 0 Å². The molecule has 2 N–H and O–H groups in total. The molecule has 0 saturated carbocycles. The number of rotatable bonds is 10. The lowest BCUT2D eigenvalue weighted by Crippen LogP contribution is -2.32. The van der Waals surface area contributed by atoms with Gasteiger partial charge in [-0.3, -0.25) is 4.79 Å². The van der Waals surface area contributed by atoms with Crippen molar-refractivity contribution < 1.29 is 23.0 Å². The number of hydrogen-bond acceptors (Lipinski definition) is 5. The van der Waals surface area contributed by atoms with Crippen molar-refractivity contribution in [3.05, 3.63) is 41.3 Å². The minimum Gasteiger partial charge on any atom is -0.435 e. The van der Waals surface area contributed by atoms with Crippen molar-refractivity contribution in [3.8, 4) is 16.2 Å². The fourth-order valence-corrected chi connectivity index (χ4v) is 2.99. The Morgan fingerprint density at radius 1 is 1.12 bits per heavy atom. The van der Waals surface area contributed by atoms with Gasteiger partial charge in [0.05, 0.1) is 11.5 Å². The van der Waals surface area contributed by atoms with Crippen LogP contribution in [0.25, 0.3) is 10.4 Å². The van der Waals surface area contributed by atoms with Gasteiger partial charge in [0, 0.05) is 31.6 Å². The molecule has 0 saturated heterocycles. The number of thiophene rings is 1. The molecular formula is C17H21ClF2N2O3S. The number of alkyl halides is 2. The van der Waals surface area contributed by atoms with E-state index in [-0.39, 0.29) is 24.1 Å². The third-order valence-electron chi connectivity index (χ3n) is 3.26. The van der Waals surface area contributed by atoms with Gasteiger partial charge in [-0.25, -0.2) is 0 Å². The summed E-state index contributed by atoms with van der Waals surface area (Å²) in [6.07, 6.45) is 0. The molecule has 9 heteroatoms. The smallest absolute Gasteiger partial charge is 0.387 e. The maximum absolute atomic E-state index is 12.1. The molecule has 0 bridgehead atoms. The van der Waals surface area contributed by atoms with Crippen LogP contribution in [0.3, 0.4) is 0 Å². The molecule has 1 amide bonds. The monoisotopic (exact) mass is 406 g/mol. The summed E-state index contributed by atoms with van der Waals surface area (Å²) in [7, 11) is 1.64. The van der Waals surface area contributed by atoms with Gasteiger partial charge in [0.15, 0.2) is 0 Å². The Hall–Kier alpha value is -1.74.